The number of benzene rings is 2. The summed E-state index contributed by atoms with van der Waals surface area (Å²) in [6, 6.07) is 4.50. The molecule has 1 aliphatic heterocycles. The Morgan fingerprint density at radius 2 is 1.81 bits per heavy atom. The van der Waals surface area contributed by atoms with Gasteiger partial charge in [0.2, 0.25) is 5.91 Å². The number of nitrogens with one attached hydrogen (secondary N) is 2. The predicted molar refractivity (Wildman–Crippen MR) is 117 cm³/mol. The highest BCUT2D eigenvalue weighted by molar-refractivity contribution is 5.92. The second-order valence-electron chi connectivity index (χ2n) is 8.42. The fourth-order valence-electron chi connectivity index (χ4n) is 3.83. The molecule has 4 N–H and O–H groups in total. The third-order valence-electron chi connectivity index (χ3n) is 6.18. The van der Waals surface area contributed by atoms with Gasteiger partial charge in [0.05, 0.1) is 6.61 Å². The number of amides is 2. The van der Waals surface area contributed by atoms with Crippen LogP contribution in [0, 0.1) is 26.6 Å². The van der Waals surface area contributed by atoms with Gasteiger partial charge in [0.25, 0.3) is 5.91 Å². The molecule has 2 aromatic carbocycles. The highest BCUT2D eigenvalue weighted by Crippen LogP contribution is 2.43. The van der Waals surface area contributed by atoms with Crippen molar-refractivity contribution in [3.63, 3.8) is 0 Å². The lowest BCUT2D eigenvalue weighted by Crippen LogP contribution is -2.57. The first-order valence-corrected chi connectivity index (χ1v) is 10.5. The number of rotatable bonds is 6. The topological polar surface area (TPSA) is 108 Å². The van der Waals surface area contributed by atoms with Gasteiger partial charge < -0.3 is 25.6 Å². The number of aliphatic hydroxyl groups is 1. The zero-order valence-electron chi connectivity index (χ0n) is 18.7. The molecule has 8 heteroatoms. The van der Waals surface area contributed by atoms with E-state index in [2.05, 4.69) is 10.6 Å². The third kappa shape index (κ3) is 4.55. The molecule has 0 spiro atoms. The molecular weight excluding hydrogens is 415 g/mol. The smallest absolute Gasteiger partial charge is 0.264 e. The number of hydrogen-bond acceptors (Lipinski definition) is 5. The van der Waals surface area contributed by atoms with Gasteiger partial charge in [-0.15, -0.1) is 0 Å². The van der Waals surface area contributed by atoms with Crippen LogP contribution in [0.3, 0.4) is 0 Å². The predicted octanol–water partition coefficient (Wildman–Crippen LogP) is 2.33. The van der Waals surface area contributed by atoms with Crippen LogP contribution in [-0.2, 0) is 22.6 Å². The molecule has 0 radical (unpaired) electrons. The van der Waals surface area contributed by atoms with Gasteiger partial charge in [-0.25, -0.2) is 4.39 Å². The highest BCUT2D eigenvalue weighted by Gasteiger charge is 2.42. The molecule has 1 heterocycles. The number of hydrogen-bond donors (Lipinski definition) is 4. The summed E-state index contributed by atoms with van der Waals surface area (Å²) in [6.07, 6.45) is 0.879. The van der Waals surface area contributed by atoms with Gasteiger partial charge in [0, 0.05) is 18.5 Å². The molecule has 2 aromatic rings. The van der Waals surface area contributed by atoms with Crippen molar-refractivity contribution in [1.82, 2.24) is 10.6 Å². The van der Waals surface area contributed by atoms with E-state index in [9.17, 15) is 24.2 Å². The van der Waals surface area contributed by atoms with Gasteiger partial charge in [-0.1, -0.05) is 12.1 Å². The Balaban J connectivity index is 1.70. The average Bonchev–Trinajstić information content (AvgIpc) is 2.78. The van der Waals surface area contributed by atoms with Crippen molar-refractivity contribution in [1.29, 1.82) is 0 Å². The summed E-state index contributed by atoms with van der Waals surface area (Å²) in [6.45, 7) is 6.64. The van der Waals surface area contributed by atoms with E-state index < -0.39 is 30.1 Å². The highest BCUT2D eigenvalue weighted by atomic mass is 19.1. The largest absolute Gasteiger partial charge is 0.507 e. The van der Waals surface area contributed by atoms with Gasteiger partial charge >= 0.3 is 0 Å². The number of carbonyl (C=O) groups excluding carboxylic acids is 2. The van der Waals surface area contributed by atoms with Crippen LogP contribution in [0.2, 0.25) is 0 Å². The minimum Gasteiger partial charge on any atom is -0.507 e. The van der Waals surface area contributed by atoms with Crippen LogP contribution in [0.15, 0.2) is 24.3 Å². The van der Waals surface area contributed by atoms with Gasteiger partial charge in [-0.3, -0.25) is 9.59 Å². The van der Waals surface area contributed by atoms with Crippen LogP contribution in [0.25, 0.3) is 0 Å². The monoisotopic (exact) mass is 444 g/mol. The van der Waals surface area contributed by atoms with E-state index in [1.54, 1.807) is 26.0 Å². The second kappa shape index (κ2) is 9.16. The lowest BCUT2D eigenvalue weighted by Gasteiger charge is -2.37. The van der Waals surface area contributed by atoms with Crippen molar-refractivity contribution in [3.8, 4) is 11.5 Å². The Labute approximate surface area is 186 Å². The van der Waals surface area contributed by atoms with Crippen LogP contribution in [-0.4, -0.2) is 40.3 Å². The van der Waals surface area contributed by atoms with Crippen LogP contribution in [0.1, 0.15) is 41.2 Å². The Bertz CT molecular complexity index is 1040. The van der Waals surface area contributed by atoms with Crippen LogP contribution in [0.5, 0.6) is 11.5 Å². The van der Waals surface area contributed by atoms with Crippen molar-refractivity contribution in [2.75, 3.05) is 6.61 Å². The standard InChI is InChI=1S/C24H29FN2O5/c1-13-14(2)21-18(15(3)20(13)29)9-10-24(4,32-21)23(31)27-19(12-28)22(30)26-11-16-5-7-17(25)8-6-16/h5-8,19,28-29H,9-12H2,1-4H3,(H,26,30)(H,27,31)/t19-,24?/m0/s1. The SMILES string of the molecule is Cc1c(C)c2c(c(C)c1O)CCC(C)(C(=O)N[C@@H](CO)C(=O)NCc1ccc(F)cc1)O2. The molecule has 7 nitrogen and oxygen atoms in total. The van der Waals surface area contributed by atoms with Crippen LogP contribution < -0.4 is 15.4 Å². The molecule has 32 heavy (non-hydrogen) atoms. The minimum atomic E-state index is -1.24. The molecular formula is C24H29FN2O5. The maximum absolute atomic E-state index is 13.0. The zero-order valence-corrected chi connectivity index (χ0v) is 18.7. The number of fused-ring (bicyclic) bond motifs is 1. The summed E-state index contributed by atoms with van der Waals surface area (Å²) < 4.78 is 19.1. The van der Waals surface area contributed by atoms with Crippen molar-refractivity contribution >= 4 is 11.8 Å². The van der Waals surface area contributed by atoms with Gasteiger partial charge in [-0.05, 0) is 68.5 Å². The van der Waals surface area contributed by atoms with E-state index in [0.29, 0.717) is 29.7 Å². The van der Waals surface area contributed by atoms with Crippen molar-refractivity contribution in [3.05, 3.63) is 57.9 Å². The number of phenols is 1. The van der Waals surface area contributed by atoms with E-state index in [0.717, 1.165) is 16.7 Å². The van der Waals surface area contributed by atoms with Crippen LogP contribution >= 0.6 is 0 Å². The molecule has 3 rings (SSSR count). The second-order valence-corrected chi connectivity index (χ2v) is 8.42. The molecule has 1 unspecified atom stereocenters. The summed E-state index contributed by atoms with van der Waals surface area (Å²) in [7, 11) is 0. The van der Waals surface area contributed by atoms with Gasteiger partial charge in [0.1, 0.15) is 23.4 Å². The summed E-state index contributed by atoms with van der Waals surface area (Å²) in [5.41, 5.74) is 2.51. The Hall–Kier alpha value is -3.13. The van der Waals surface area contributed by atoms with Crippen molar-refractivity contribution in [2.45, 2.75) is 58.7 Å². The van der Waals surface area contributed by atoms with E-state index in [1.165, 1.54) is 12.1 Å². The zero-order chi connectivity index (χ0) is 23.6. The molecule has 0 saturated heterocycles. The normalized spacial score (nSPS) is 18.3. The third-order valence-corrected chi connectivity index (χ3v) is 6.18. The lowest BCUT2D eigenvalue weighted by atomic mass is 9.86. The maximum atomic E-state index is 13.0. The van der Waals surface area contributed by atoms with E-state index in [4.69, 9.17) is 4.74 Å². The molecule has 2 amide bonds. The molecule has 172 valence electrons. The molecule has 0 saturated carbocycles. The fraction of sp³-hybridized carbons (Fsp3) is 0.417. The molecule has 0 aliphatic carbocycles. The average molecular weight is 445 g/mol. The molecule has 1 aliphatic rings. The molecule has 0 fully saturated rings. The Kier molecular flexibility index (Phi) is 6.74. The van der Waals surface area contributed by atoms with Crippen molar-refractivity contribution < 1.29 is 28.9 Å². The molecule has 0 aromatic heterocycles. The molecule has 0 bridgehead atoms. The van der Waals surface area contributed by atoms with Gasteiger partial charge in [-0.2, -0.15) is 0 Å². The maximum Gasteiger partial charge on any atom is 0.264 e. The Morgan fingerprint density at radius 3 is 2.44 bits per heavy atom. The first kappa shape index (κ1) is 23.5. The molecule has 2 atom stereocenters. The first-order chi connectivity index (χ1) is 15.1. The number of ether oxygens (including phenoxy) is 1. The van der Waals surface area contributed by atoms with E-state index >= 15 is 0 Å². The van der Waals surface area contributed by atoms with Gasteiger partial charge in [0.15, 0.2) is 5.60 Å². The minimum absolute atomic E-state index is 0.133. The van der Waals surface area contributed by atoms with E-state index in [1.807, 2.05) is 13.8 Å². The fourth-order valence-corrected chi connectivity index (χ4v) is 3.83. The first-order valence-electron chi connectivity index (χ1n) is 10.5. The quantitative estimate of drug-likeness (QED) is 0.547. The summed E-state index contributed by atoms with van der Waals surface area (Å²) in [5.74, 6) is -0.641. The summed E-state index contributed by atoms with van der Waals surface area (Å²) >= 11 is 0. The van der Waals surface area contributed by atoms with Crippen molar-refractivity contribution in [2.24, 2.45) is 0 Å². The van der Waals surface area contributed by atoms with E-state index in [-0.39, 0.29) is 18.1 Å². The number of carbonyl (C=O) groups is 2. The summed E-state index contributed by atoms with van der Waals surface area (Å²) in [4.78, 5) is 25.5. The number of halogens is 1. The number of phenolic OH excluding ortho intramolecular Hbond substituents is 1. The number of aromatic hydroxyl groups is 1. The van der Waals surface area contributed by atoms with Crippen LogP contribution in [0.4, 0.5) is 4.39 Å². The summed E-state index contributed by atoms with van der Waals surface area (Å²) in [5, 5.41) is 25.2. The Morgan fingerprint density at radius 1 is 1.16 bits per heavy atom. The number of aliphatic hydroxyl groups excluding tert-OH is 1. The lowest BCUT2D eigenvalue weighted by molar-refractivity contribution is -0.140.